The third kappa shape index (κ3) is 3.93. The number of thiophene rings is 1. The van der Waals surface area contributed by atoms with E-state index in [1.165, 1.54) is 24.2 Å². The Morgan fingerprint density at radius 2 is 1.92 bits per heavy atom. The van der Waals surface area contributed by atoms with Crippen molar-refractivity contribution in [2.24, 2.45) is 0 Å². The maximum Gasteiger partial charge on any atom is 0.262 e. The van der Waals surface area contributed by atoms with Crippen LogP contribution in [0.2, 0.25) is 0 Å². The van der Waals surface area contributed by atoms with E-state index in [4.69, 9.17) is 4.74 Å². The number of nitrogens with zero attached hydrogens (tertiary/aromatic N) is 2. The highest BCUT2D eigenvalue weighted by Gasteiger charge is 2.13. The van der Waals surface area contributed by atoms with Crippen LogP contribution in [-0.2, 0) is 6.54 Å². The maximum atomic E-state index is 12.9. The smallest absolute Gasteiger partial charge is 0.262 e. The fraction of sp³-hybridized carbons (Fsp3) is 0.400. The number of unbranched alkanes of at least 4 members (excludes halogenated alkanes) is 3. The van der Waals surface area contributed by atoms with Gasteiger partial charge in [-0.05, 0) is 31.0 Å². The lowest BCUT2D eigenvalue weighted by Gasteiger charge is -2.07. The molecule has 0 aliphatic heterocycles. The number of rotatable bonds is 8. The molecule has 2 heterocycles. The van der Waals surface area contributed by atoms with Gasteiger partial charge in [0.25, 0.3) is 5.56 Å². The Kier molecular flexibility index (Phi) is 5.87. The van der Waals surface area contributed by atoms with Crippen LogP contribution in [0.4, 0.5) is 0 Å². The normalized spacial score (nSPS) is 11.1. The van der Waals surface area contributed by atoms with E-state index in [9.17, 15) is 4.79 Å². The van der Waals surface area contributed by atoms with Gasteiger partial charge in [0.05, 0.1) is 18.3 Å². The predicted molar refractivity (Wildman–Crippen MR) is 105 cm³/mol. The van der Waals surface area contributed by atoms with Gasteiger partial charge in [-0.1, -0.05) is 38.3 Å². The Hall–Kier alpha value is -2.14. The second kappa shape index (κ2) is 8.30. The minimum Gasteiger partial charge on any atom is -0.494 e. The summed E-state index contributed by atoms with van der Waals surface area (Å²) in [5.41, 5.74) is 2.05. The van der Waals surface area contributed by atoms with E-state index in [0.29, 0.717) is 6.61 Å². The molecule has 2 aromatic heterocycles. The first-order chi connectivity index (χ1) is 12.2. The molecule has 1 aromatic carbocycles. The van der Waals surface area contributed by atoms with Crippen molar-refractivity contribution in [3.05, 3.63) is 46.3 Å². The SMILES string of the molecule is CCCCCCn1cnc2scc(-c3ccc(OCC)cc3)c2c1=O. The van der Waals surface area contributed by atoms with Crippen molar-refractivity contribution >= 4 is 21.6 Å². The number of aromatic nitrogens is 2. The van der Waals surface area contributed by atoms with E-state index in [1.807, 2.05) is 36.6 Å². The molecule has 3 rings (SSSR count). The van der Waals surface area contributed by atoms with Crippen molar-refractivity contribution in [1.29, 1.82) is 0 Å². The average Bonchev–Trinajstić information content (AvgIpc) is 3.06. The first-order valence-corrected chi connectivity index (χ1v) is 9.82. The second-order valence-electron chi connectivity index (χ2n) is 6.09. The van der Waals surface area contributed by atoms with E-state index in [1.54, 1.807) is 10.9 Å². The minimum absolute atomic E-state index is 0.0617. The molecule has 0 fully saturated rings. The molecule has 4 nitrogen and oxygen atoms in total. The standard InChI is InChI=1S/C20H24N2O2S/c1-3-5-6-7-12-22-14-21-19-18(20(22)23)17(13-25-19)15-8-10-16(11-9-15)24-4-2/h8-11,13-14H,3-7,12H2,1-2H3. The van der Waals surface area contributed by atoms with Crippen LogP contribution in [0.1, 0.15) is 39.5 Å². The van der Waals surface area contributed by atoms with Gasteiger partial charge in [-0.3, -0.25) is 9.36 Å². The van der Waals surface area contributed by atoms with Crippen LogP contribution in [0.3, 0.4) is 0 Å². The van der Waals surface area contributed by atoms with Gasteiger partial charge >= 0.3 is 0 Å². The molecule has 132 valence electrons. The summed E-state index contributed by atoms with van der Waals surface area (Å²) in [5, 5.41) is 2.75. The summed E-state index contributed by atoms with van der Waals surface area (Å²) in [5.74, 6) is 0.845. The van der Waals surface area contributed by atoms with Crippen LogP contribution in [0.15, 0.2) is 40.8 Å². The molecule has 0 radical (unpaired) electrons. The summed E-state index contributed by atoms with van der Waals surface area (Å²) in [6.45, 7) is 5.54. The van der Waals surface area contributed by atoms with Gasteiger partial charge in [-0.25, -0.2) is 4.98 Å². The second-order valence-corrected chi connectivity index (χ2v) is 6.95. The molecule has 0 atom stereocenters. The largest absolute Gasteiger partial charge is 0.494 e. The van der Waals surface area contributed by atoms with Gasteiger partial charge in [0.1, 0.15) is 10.6 Å². The molecule has 5 heteroatoms. The Morgan fingerprint density at radius 3 is 2.64 bits per heavy atom. The van der Waals surface area contributed by atoms with E-state index in [2.05, 4.69) is 11.9 Å². The van der Waals surface area contributed by atoms with Gasteiger partial charge < -0.3 is 4.74 Å². The third-order valence-electron chi connectivity index (χ3n) is 4.29. The van der Waals surface area contributed by atoms with Crippen LogP contribution in [0.25, 0.3) is 21.3 Å². The summed E-state index contributed by atoms with van der Waals surface area (Å²) >= 11 is 1.52. The van der Waals surface area contributed by atoms with Gasteiger partial charge in [0, 0.05) is 17.5 Å². The van der Waals surface area contributed by atoms with Crippen molar-refractivity contribution in [3.63, 3.8) is 0 Å². The zero-order valence-corrected chi connectivity index (χ0v) is 15.6. The molecule has 0 aliphatic rings. The third-order valence-corrected chi connectivity index (χ3v) is 5.18. The molecule has 0 N–H and O–H groups in total. The topological polar surface area (TPSA) is 44.1 Å². The fourth-order valence-electron chi connectivity index (χ4n) is 2.95. The Bertz CT molecular complexity index is 881. The molecule has 0 spiro atoms. The van der Waals surface area contributed by atoms with Gasteiger partial charge in [0.2, 0.25) is 0 Å². The lowest BCUT2D eigenvalue weighted by Crippen LogP contribution is -2.20. The molecule has 25 heavy (non-hydrogen) atoms. The monoisotopic (exact) mass is 356 g/mol. The van der Waals surface area contributed by atoms with Gasteiger partial charge in [-0.15, -0.1) is 11.3 Å². The van der Waals surface area contributed by atoms with Crippen LogP contribution < -0.4 is 10.3 Å². The first kappa shape index (κ1) is 17.7. The molecule has 0 bridgehead atoms. The summed E-state index contributed by atoms with van der Waals surface area (Å²) in [4.78, 5) is 18.2. The van der Waals surface area contributed by atoms with E-state index in [-0.39, 0.29) is 5.56 Å². The molecule has 0 unspecified atom stereocenters. The van der Waals surface area contributed by atoms with Crippen LogP contribution >= 0.6 is 11.3 Å². The van der Waals surface area contributed by atoms with Crippen molar-refractivity contribution in [1.82, 2.24) is 9.55 Å². The summed E-state index contributed by atoms with van der Waals surface area (Å²) < 4.78 is 7.25. The lowest BCUT2D eigenvalue weighted by molar-refractivity contribution is 0.340. The highest BCUT2D eigenvalue weighted by atomic mass is 32.1. The maximum absolute atomic E-state index is 12.9. The Morgan fingerprint density at radius 1 is 1.12 bits per heavy atom. The Balaban J connectivity index is 1.92. The first-order valence-electron chi connectivity index (χ1n) is 8.94. The minimum atomic E-state index is 0.0617. The number of ether oxygens (including phenoxy) is 1. The highest BCUT2D eigenvalue weighted by Crippen LogP contribution is 2.31. The van der Waals surface area contributed by atoms with Crippen LogP contribution in [-0.4, -0.2) is 16.2 Å². The molecule has 0 aliphatic carbocycles. The number of aryl methyl sites for hydroxylation is 1. The quantitative estimate of drug-likeness (QED) is 0.527. The molecule has 0 amide bonds. The number of fused-ring (bicyclic) bond motifs is 1. The summed E-state index contributed by atoms with van der Waals surface area (Å²) in [6.07, 6.45) is 6.26. The van der Waals surface area contributed by atoms with Gasteiger partial charge in [0.15, 0.2) is 0 Å². The number of hydrogen-bond acceptors (Lipinski definition) is 4. The van der Waals surface area contributed by atoms with Crippen LogP contribution in [0.5, 0.6) is 5.75 Å². The predicted octanol–water partition coefficient (Wildman–Crippen LogP) is 5.10. The fourth-order valence-corrected chi connectivity index (χ4v) is 3.85. The molecule has 0 saturated heterocycles. The van der Waals surface area contributed by atoms with E-state index in [0.717, 1.165) is 46.5 Å². The lowest BCUT2D eigenvalue weighted by atomic mass is 10.1. The molecular formula is C20H24N2O2S. The Labute approximate surface area is 152 Å². The molecule has 0 saturated carbocycles. The van der Waals surface area contributed by atoms with Crippen molar-refractivity contribution < 1.29 is 4.74 Å². The average molecular weight is 356 g/mol. The van der Waals surface area contributed by atoms with Crippen LogP contribution in [0, 0.1) is 0 Å². The van der Waals surface area contributed by atoms with E-state index >= 15 is 0 Å². The highest BCUT2D eigenvalue weighted by molar-refractivity contribution is 7.17. The molecular weight excluding hydrogens is 332 g/mol. The number of benzene rings is 1. The van der Waals surface area contributed by atoms with Gasteiger partial charge in [-0.2, -0.15) is 0 Å². The summed E-state index contributed by atoms with van der Waals surface area (Å²) in [7, 11) is 0. The zero-order valence-electron chi connectivity index (χ0n) is 14.8. The zero-order chi connectivity index (χ0) is 17.6. The number of hydrogen-bond donors (Lipinski definition) is 0. The van der Waals surface area contributed by atoms with E-state index < -0.39 is 0 Å². The summed E-state index contributed by atoms with van der Waals surface area (Å²) in [6, 6.07) is 7.90. The van der Waals surface area contributed by atoms with Crippen molar-refractivity contribution in [3.8, 4) is 16.9 Å². The van der Waals surface area contributed by atoms with Crippen molar-refractivity contribution in [2.45, 2.75) is 46.1 Å². The molecule has 3 aromatic rings. The van der Waals surface area contributed by atoms with Crippen molar-refractivity contribution in [2.75, 3.05) is 6.61 Å².